The molecule has 0 aliphatic heterocycles. The van der Waals surface area contributed by atoms with Gasteiger partial charge >= 0.3 is 0 Å². The fourth-order valence-corrected chi connectivity index (χ4v) is 1.62. The SMILES string of the molecule is COCCOCCCCN=C(N)Nc1ccc(OC)cc1. The molecule has 0 aliphatic rings. The molecule has 118 valence electrons. The van der Waals surface area contributed by atoms with E-state index in [1.54, 1.807) is 14.2 Å². The second-order valence-electron chi connectivity index (χ2n) is 4.43. The predicted molar refractivity (Wildman–Crippen MR) is 85.0 cm³/mol. The summed E-state index contributed by atoms with van der Waals surface area (Å²) in [4.78, 5) is 4.27. The predicted octanol–water partition coefficient (Wildman–Crippen LogP) is 1.86. The second-order valence-corrected chi connectivity index (χ2v) is 4.43. The van der Waals surface area contributed by atoms with Crippen molar-refractivity contribution in [1.82, 2.24) is 0 Å². The van der Waals surface area contributed by atoms with Gasteiger partial charge in [-0.3, -0.25) is 4.99 Å². The van der Waals surface area contributed by atoms with Crippen LogP contribution >= 0.6 is 0 Å². The van der Waals surface area contributed by atoms with Crippen molar-refractivity contribution in [3.63, 3.8) is 0 Å². The van der Waals surface area contributed by atoms with Crippen LogP contribution in [0, 0.1) is 0 Å². The lowest BCUT2D eigenvalue weighted by Gasteiger charge is -2.07. The van der Waals surface area contributed by atoms with Crippen molar-refractivity contribution in [2.24, 2.45) is 10.7 Å². The van der Waals surface area contributed by atoms with Gasteiger partial charge in [-0.1, -0.05) is 0 Å². The summed E-state index contributed by atoms with van der Waals surface area (Å²) in [5.41, 5.74) is 6.71. The van der Waals surface area contributed by atoms with E-state index in [1.807, 2.05) is 24.3 Å². The highest BCUT2D eigenvalue weighted by atomic mass is 16.5. The highest BCUT2D eigenvalue weighted by Gasteiger charge is 1.96. The molecule has 0 radical (unpaired) electrons. The van der Waals surface area contributed by atoms with Crippen LogP contribution in [0.5, 0.6) is 5.75 Å². The Morgan fingerprint density at radius 1 is 1.10 bits per heavy atom. The zero-order valence-corrected chi connectivity index (χ0v) is 12.8. The number of nitrogens with two attached hydrogens (primary N) is 1. The summed E-state index contributed by atoms with van der Waals surface area (Å²) in [5.74, 6) is 1.23. The molecule has 1 aromatic carbocycles. The van der Waals surface area contributed by atoms with Crippen LogP contribution < -0.4 is 15.8 Å². The number of methoxy groups -OCH3 is 2. The number of nitrogens with one attached hydrogen (secondary N) is 1. The molecule has 6 heteroatoms. The fraction of sp³-hybridized carbons (Fsp3) is 0.533. The molecule has 0 spiro atoms. The Hall–Kier alpha value is -1.79. The number of rotatable bonds is 10. The molecule has 1 aromatic rings. The molecule has 0 unspecified atom stereocenters. The van der Waals surface area contributed by atoms with Gasteiger partial charge in [0.1, 0.15) is 5.75 Å². The average molecular weight is 295 g/mol. The molecule has 0 atom stereocenters. The van der Waals surface area contributed by atoms with Gasteiger partial charge in [0.15, 0.2) is 5.96 Å². The Balaban J connectivity index is 2.14. The molecule has 0 aliphatic carbocycles. The van der Waals surface area contributed by atoms with Crippen molar-refractivity contribution in [3.8, 4) is 5.75 Å². The minimum atomic E-state index is 0.417. The number of aliphatic imine (C=N–C) groups is 1. The molecule has 0 bridgehead atoms. The lowest BCUT2D eigenvalue weighted by Crippen LogP contribution is -2.22. The lowest BCUT2D eigenvalue weighted by molar-refractivity contribution is 0.0690. The van der Waals surface area contributed by atoms with E-state index in [0.29, 0.717) is 25.7 Å². The maximum atomic E-state index is 5.82. The van der Waals surface area contributed by atoms with Crippen molar-refractivity contribution < 1.29 is 14.2 Å². The third kappa shape index (κ3) is 8.16. The quantitative estimate of drug-likeness (QED) is 0.391. The minimum Gasteiger partial charge on any atom is -0.497 e. The monoisotopic (exact) mass is 295 g/mol. The van der Waals surface area contributed by atoms with Crippen LogP contribution in [-0.4, -0.2) is 46.5 Å². The number of unbranched alkanes of at least 4 members (excludes halogenated alkanes) is 1. The first kappa shape index (κ1) is 17.3. The highest BCUT2D eigenvalue weighted by molar-refractivity contribution is 5.92. The van der Waals surface area contributed by atoms with Crippen LogP contribution in [0.3, 0.4) is 0 Å². The summed E-state index contributed by atoms with van der Waals surface area (Å²) < 4.78 is 15.4. The number of benzene rings is 1. The normalized spacial score (nSPS) is 11.4. The van der Waals surface area contributed by atoms with Gasteiger partial charge < -0.3 is 25.3 Å². The molecular weight excluding hydrogens is 270 g/mol. The Labute approximate surface area is 126 Å². The second kappa shape index (κ2) is 10.9. The Bertz CT molecular complexity index is 407. The van der Waals surface area contributed by atoms with Crippen LogP contribution in [0.1, 0.15) is 12.8 Å². The topological polar surface area (TPSA) is 78.1 Å². The van der Waals surface area contributed by atoms with Crippen LogP contribution in [-0.2, 0) is 9.47 Å². The van der Waals surface area contributed by atoms with Crippen molar-refractivity contribution >= 4 is 11.6 Å². The van der Waals surface area contributed by atoms with Crippen LogP contribution in [0.25, 0.3) is 0 Å². The largest absolute Gasteiger partial charge is 0.497 e. The molecule has 0 aromatic heterocycles. The van der Waals surface area contributed by atoms with Crippen LogP contribution in [0.2, 0.25) is 0 Å². The number of ether oxygens (including phenoxy) is 3. The first-order valence-electron chi connectivity index (χ1n) is 7.04. The van der Waals surface area contributed by atoms with E-state index in [9.17, 15) is 0 Å². The summed E-state index contributed by atoms with van der Waals surface area (Å²) in [7, 11) is 3.30. The van der Waals surface area contributed by atoms with Gasteiger partial charge in [-0.15, -0.1) is 0 Å². The van der Waals surface area contributed by atoms with Crippen molar-refractivity contribution in [3.05, 3.63) is 24.3 Å². The van der Waals surface area contributed by atoms with E-state index in [-0.39, 0.29) is 0 Å². The van der Waals surface area contributed by atoms with Crippen LogP contribution in [0.4, 0.5) is 5.69 Å². The fourth-order valence-electron chi connectivity index (χ4n) is 1.62. The standard InChI is InChI=1S/C15H25N3O3/c1-19-11-12-21-10-4-3-9-17-15(16)18-13-5-7-14(20-2)8-6-13/h5-8H,3-4,9-12H2,1-2H3,(H3,16,17,18). The van der Waals surface area contributed by atoms with Gasteiger partial charge in [-0.2, -0.15) is 0 Å². The van der Waals surface area contributed by atoms with Gasteiger partial charge in [-0.05, 0) is 37.1 Å². The third-order valence-electron chi connectivity index (χ3n) is 2.77. The van der Waals surface area contributed by atoms with Gasteiger partial charge in [0.25, 0.3) is 0 Å². The summed E-state index contributed by atoms with van der Waals surface area (Å²) >= 11 is 0. The summed E-state index contributed by atoms with van der Waals surface area (Å²) in [6.07, 6.45) is 1.90. The maximum Gasteiger partial charge on any atom is 0.193 e. The summed E-state index contributed by atoms with van der Waals surface area (Å²) in [6.45, 7) is 2.69. The van der Waals surface area contributed by atoms with Gasteiger partial charge in [-0.25, -0.2) is 0 Å². The molecule has 3 N–H and O–H groups in total. The maximum absolute atomic E-state index is 5.82. The molecular formula is C15H25N3O3. The van der Waals surface area contributed by atoms with Gasteiger partial charge in [0.05, 0.1) is 20.3 Å². The van der Waals surface area contributed by atoms with E-state index in [4.69, 9.17) is 19.9 Å². The smallest absolute Gasteiger partial charge is 0.193 e. The number of nitrogens with zero attached hydrogens (tertiary/aromatic N) is 1. The molecule has 0 amide bonds. The van der Waals surface area contributed by atoms with Crippen molar-refractivity contribution in [2.45, 2.75) is 12.8 Å². The van der Waals surface area contributed by atoms with Gasteiger partial charge in [0.2, 0.25) is 0 Å². The number of anilines is 1. The summed E-state index contributed by atoms with van der Waals surface area (Å²) in [5, 5.41) is 3.04. The molecule has 0 heterocycles. The zero-order chi connectivity index (χ0) is 15.3. The Morgan fingerprint density at radius 3 is 2.52 bits per heavy atom. The summed E-state index contributed by atoms with van der Waals surface area (Å²) in [6, 6.07) is 7.52. The molecule has 0 saturated carbocycles. The molecule has 0 saturated heterocycles. The van der Waals surface area contributed by atoms with Gasteiger partial charge in [0, 0.05) is 25.9 Å². The van der Waals surface area contributed by atoms with E-state index < -0.39 is 0 Å². The minimum absolute atomic E-state index is 0.417. The van der Waals surface area contributed by atoms with E-state index >= 15 is 0 Å². The molecule has 1 rings (SSSR count). The molecule has 0 fully saturated rings. The van der Waals surface area contributed by atoms with E-state index in [1.165, 1.54) is 0 Å². The molecule has 21 heavy (non-hydrogen) atoms. The zero-order valence-electron chi connectivity index (χ0n) is 12.8. The third-order valence-corrected chi connectivity index (χ3v) is 2.77. The van der Waals surface area contributed by atoms with Crippen molar-refractivity contribution in [2.75, 3.05) is 45.9 Å². The van der Waals surface area contributed by atoms with Crippen molar-refractivity contribution in [1.29, 1.82) is 0 Å². The van der Waals surface area contributed by atoms with E-state index in [2.05, 4.69) is 10.3 Å². The molecule has 6 nitrogen and oxygen atoms in total. The highest BCUT2D eigenvalue weighted by Crippen LogP contribution is 2.14. The van der Waals surface area contributed by atoms with E-state index in [0.717, 1.165) is 30.9 Å². The number of guanidine groups is 1. The number of hydrogen-bond acceptors (Lipinski definition) is 4. The average Bonchev–Trinajstić information content (AvgIpc) is 2.50. The number of hydrogen-bond donors (Lipinski definition) is 2. The van der Waals surface area contributed by atoms with Crippen LogP contribution in [0.15, 0.2) is 29.3 Å². The lowest BCUT2D eigenvalue weighted by atomic mass is 10.3. The Morgan fingerprint density at radius 2 is 1.86 bits per heavy atom. The first-order valence-corrected chi connectivity index (χ1v) is 7.04. The first-order chi connectivity index (χ1) is 10.3. The Kier molecular flexibility index (Phi) is 8.99.